The molecule has 3 heterocycles. The Morgan fingerprint density at radius 2 is 1.94 bits per heavy atom. The average Bonchev–Trinajstić information content (AvgIpc) is 3.49. The first kappa shape index (κ1) is 20.2. The standard InChI is InChI=1S/C28H38N3/c1-4-10-24-22(7-1)13-17-30-28(24,23-8-2-3-9-23)16-20-31-18-14-27(15-19-31)21-29-26-12-6-5-11-25(26)27/h1,5-7,11,23H,2-4,8-10,12-21H2. The molecule has 0 N–H and O–H groups in total. The van der Waals surface area contributed by atoms with Gasteiger partial charge >= 0.3 is 0 Å². The summed E-state index contributed by atoms with van der Waals surface area (Å²) < 4.78 is 0. The van der Waals surface area contributed by atoms with Gasteiger partial charge in [-0.15, -0.1) is 0 Å². The van der Waals surface area contributed by atoms with Crippen LogP contribution in [0.25, 0.3) is 0 Å². The molecule has 1 saturated carbocycles. The summed E-state index contributed by atoms with van der Waals surface area (Å²) in [5.41, 5.74) is 6.85. The van der Waals surface area contributed by atoms with Crippen LogP contribution in [0.5, 0.6) is 0 Å². The SMILES string of the molecule is C1=CCC2=NCC3(CCN(CCC4(C5CCCC5)[N]CCC5=C4CCC=C5)CC3)C2=C1. The van der Waals surface area contributed by atoms with Gasteiger partial charge in [-0.3, -0.25) is 4.99 Å². The highest BCUT2D eigenvalue weighted by molar-refractivity contribution is 6.05. The van der Waals surface area contributed by atoms with Gasteiger partial charge in [-0.05, 0) is 87.1 Å². The van der Waals surface area contributed by atoms with Crippen LogP contribution in [0.3, 0.4) is 0 Å². The number of fused-ring (bicyclic) bond motifs is 2. The van der Waals surface area contributed by atoms with Crippen molar-refractivity contribution in [2.24, 2.45) is 16.3 Å². The first-order chi connectivity index (χ1) is 15.3. The quantitative estimate of drug-likeness (QED) is 0.605. The lowest BCUT2D eigenvalue weighted by atomic mass is 9.67. The molecule has 1 atom stereocenters. The van der Waals surface area contributed by atoms with Crippen LogP contribution >= 0.6 is 0 Å². The van der Waals surface area contributed by atoms with Gasteiger partial charge in [-0.1, -0.05) is 43.2 Å². The molecule has 3 aliphatic heterocycles. The fourth-order valence-corrected chi connectivity index (χ4v) is 7.60. The van der Waals surface area contributed by atoms with E-state index < -0.39 is 0 Å². The van der Waals surface area contributed by atoms with E-state index in [1.165, 1.54) is 89.6 Å². The highest BCUT2D eigenvalue weighted by Gasteiger charge is 2.47. The van der Waals surface area contributed by atoms with E-state index in [-0.39, 0.29) is 5.54 Å². The molecule has 1 radical (unpaired) electrons. The first-order valence-electron chi connectivity index (χ1n) is 13.0. The zero-order chi connectivity index (χ0) is 20.7. The minimum absolute atomic E-state index is 0.157. The molecule has 6 rings (SSSR count). The molecule has 1 saturated heterocycles. The molecule has 165 valence electrons. The molecule has 0 aromatic rings. The van der Waals surface area contributed by atoms with Gasteiger partial charge in [0.15, 0.2) is 0 Å². The van der Waals surface area contributed by atoms with Crippen molar-refractivity contribution in [2.75, 3.05) is 32.7 Å². The summed E-state index contributed by atoms with van der Waals surface area (Å²) >= 11 is 0. The van der Waals surface area contributed by atoms with Crippen LogP contribution in [0.15, 0.2) is 52.1 Å². The molecule has 31 heavy (non-hydrogen) atoms. The molecule has 6 aliphatic rings. The molecular formula is C28H38N3. The zero-order valence-corrected chi connectivity index (χ0v) is 19.1. The Kier molecular flexibility index (Phi) is 5.31. The summed E-state index contributed by atoms with van der Waals surface area (Å²) in [6.45, 7) is 5.77. The van der Waals surface area contributed by atoms with Crippen LogP contribution in [-0.2, 0) is 0 Å². The maximum atomic E-state index is 5.48. The number of hydrogen-bond acceptors (Lipinski definition) is 2. The van der Waals surface area contributed by atoms with Gasteiger partial charge in [-0.2, -0.15) is 0 Å². The Balaban J connectivity index is 1.16. The van der Waals surface area contributed by atoms with Crippen LogP contribution in [0.2, 0.25) is 0 Å². The van der Waals surface area contributed by atoms with Crippen LogP contribution in [0, 0.1) is 11.3 Å². The Bertz CT molecular complexity index is 859. The number of aliphatic imine (C=N–C) groups is 1. The highest BCUT2D eigenvalue weighted by atomic mass is 15.1. The molecule has 3 nitrogen and oxygen atoms in total. The molecule has 3 aliphatic carbocycles. The van der Waals surface area contributed by atoms with Gasteiger partial charge in [0, 0.05) is 37.2 Å². The topological polar surface area (TPSA) is 29.7 Å². The van der Waals surface area contributed by atoms with Crippen LogP contribution < -0.4 is 5.32 Å². The van der Waals surface area contributed by atoms with E-state index in [2.05, 4.69) is 35.3 Å². The third-order valence-corrected chi connectivity index (χ3v) is 9.38. The van der Waals surface area contributed by atoms with Crippen molar-refractivity contribution in [1.82, 2.24) is 10.2 Å². The van der Waals surface area contributed by atoms with Gasteiger partial charge in [0.05, 0.1) is 5.54 Å². The maximum Gasteiger partial charge on any atom is 0.0611 e. The van der Waals surface area contributed by atoms with Crippen molar-refractivity contribution in [2.45, 2.75) is 76.2 Å². The normalized spacial score (nSPS) is 32.9. The molecule has 0 aromatic heterocycles. The Morgan fingerprint density at radius 3 is 2.81 bits per heavy atom. The molecule has 0 amide bonds. The Hall–Kier alpha value is -1.45. The number of allylic oxidation sites excluding steroid dienone is 5. The fraction of sp³-hybridized carbons (Fsp3) is 0.679. The van der Waals surface area contributed by atoms with Gasteiger partial charge < -0.3 is 4.90 Å². The van der Waals surface area contributed by atoms with Crippen molar-refractivity contribution in [3.8, 4) is 0 Å². The molecule has 0 bridgehead atoms. The summed E-state index contributed by atoms with van der Waals surface area (Å²) in [5, 5.41) is 5.48. The molecule has 1 unspecified atom stereocenters. The summed E-state index contributed by atoms with van der Waals surface area (Å²) in [5.74, 6) is 0.797. The summed E-state index contributed by atoms with van der Waals surface area (Å²) in [6.07, 6.45) is 25.9. The molecule has 0 aromatic carbocycles. The summed E-state index contributed by atoms with van der Waals surface area (Å²) in [4.78, 5) is 7.70. The Labute approximate surface area is 188 Å². The highest BCUT2D eigenvalue weighted by Crippen LogP contribution is 2.48. The van der Waals surface area contributed by atoms with Crippen molar-refractivity contribution >= 4 is 5.71 Å². The maximum absolute atomic E-state index is 5.48. The third-order valence-electron chi connectivity index (χ3n) is 9.38. The number of rotatable bonds is 4. The van der Waals surface area contributed by atoms with E-state index in [9.17, 15) is 0 Å². The number of likely N-dealkylation sites (tertiary alicyclic amines) is 1. The van der Waals surface area contributed by atoms with Crippen LogP contribution in [0.4, 0.5) is 0 Å². The first-order valence-corrected chi connectivity index (χ1v) is 13.0. The third kappa shape index (κ3) is 3.43. The second-order valence-corrected chi connectivity index (χ2v) is 10.8. The average molecular weight is 417 g/mol. The van der Waals surface area contributed by atoms with Crippen molar-refractivity contribution in [3.63, 3.8) is 0 Å². The molecule has 1 spiro atoms. The predicted octanol–water partition coefficient (Wildman–Crippen LogP) is 5.38. The Morgan fingerprint density at radius 1 is 1.06 bits per heavy atom. The molecule has 2 fully saturated rings. The van der Waals surface area contributed by atoms with E-state index in [0.717, 1.165) is 25.4 Å². The van der Waals surface area contributed by atoms with Crippen LogP contribution in [-0.4, -0.2) is 48.9 Å². The molecular weight excluding hydrogens is 378 g/mol. The minimum Gasteiger partial charge on any atom is -0.303 e. The van der Waals surface area contributed by atoms with Gasteiger partial charge in [0.2, 0.25) is 0 Å². The zero-order valence-electron chi connectivity index (χ0n) is 19.1. The van der Waals surface area contributed by atoms with E-state index in [0.29, 0.717) is 5.41 Å². The number of piperidine rings is 1. The largest absolute Gasteiger partial charge is 0.303 e. The van der Waals surface area contributed by atoms with Crippen molar-refractivity contribution in [1.29, 1.82) is 0 Å². The smallest absolute Gasteiger partial charge is 0.0611 e. The van der Waals surface area contributed by atoms with Crippen molar-refractivity contribution in [3.05, 3.63) is 47.1 Å². The van der Waals surface area contributed by atoms with Crippen molar-refractivity contribution < 1.29 is 0 Å². The lowest BCUT2D eigenvalue weighted by molar-refractivity contribution is 0.119. The monoisotopic (exact) mass is 416 g/mol. The van der Waals surface area contributed by atoms with E-state index >= 15 is 0 Å². The summed E-state index contributed by atoms with van der Waals surface area (Å²) in [6, 6.07) is 0. The predicted molar refractivity (Wildman–Crippen MR) is 129 cm³/mol. The van der Waals surface area contributed by atoms with E-state index in [1.807, 2.05) is 0 Å². The van der Waals surface area contributed by atoms with Crippen LogP contribution in [0.1, 0.15) is 70.6 Å². The number of hydrogen-bond donors (Lipinski definition) is 0. The van der Waals surface area contributed by atoms with E-state index in [4.69, 9.17) is 10.3 Å². The lowest BCUT2D eigenvalue weighted by Crippen LogP contribution is -2.53. The molecule has 3 heteroatoms. The number of nitrogens with zero attached hydrogens (tertiary/aromatic N) is 3. The second-order valence-electron chi connectivity index (χ2n) is 10.8. The van der Waals surface area contributed by atoms with E-state index in [1.54, 1.807) is 16.7 Å². The minimum atomic E-state index is 0.157. The summed E-state index contributed by atoms with van der Waals surface area (Å²) in [7, 11) is 0. The second kappa shape index (κ2) is 8.15. The van der Waals surface area contributed by atoms with Gasteiger partial charge in [-0.25, -0.2) is 5.32 Å². The van der Waals surface area contributed by atoms with Gasteiger partial charge in [0.1, 0.15) is 0 Å². The lowest BCUT2D eigenvalue weighted by Gasteiger charge is -2.47. The fourth-order valence-electron chi connectivity index (χ4n) is 7.60. The van der Waals surface area contributed by atoms with Gasteiger partial charge in [0.25, 0.3) is 0 Å².